The molecule has 0 aliphatic carbocycles. The summed E-state index contributed by atoms with van der Waals surface area (Å²) in [6.07, 6.45) is 1.31. The molecule has 30 heavy (non-hydrogen) atoms. The number of halogens is 2. The molecule has 1 spiro atoms. The Hall–Kier alpha value is -2.08. The van der Waals surface area contributed by atoms with Gasteiger partial charge in [-0.1, -0.05) is 49.2 Å². The Morgan fingerprint density at radius 1 is 1.13 bits per heavy atom. The van der Waals surface area contributed by atoms with Crippen LogP contribution in [0.3, 0.4) is 0 Å². The minimum absolute atomic E-state index is 0.162. The molecule has 2 aromatic rings. The highest BCUT2D eigenvalue weighted by molar-refractivity contribution is 6.32. The van der Waals surface area contributed by atoms with Crippen molar-refractivity contribution < 1.29 is 14.7 Å². The first-order valence-electron chi connectivity index (χ1n) is 10.2. The van der Waals surface area contributed by atoms with Gasteiger partial charge in [0.2, 0.25) is 11.8 Å². The Kier molecular flexibility index (Phi) is 5.33. The van der Waals surface area contributed by atoms with E-state index in [1.807, 2.05) is 38.1 Å². The number of piperidine rings is 1. The van der Waals surface area contributed by atoms with Crippen LogP contribution < -0.4 is 10.6 Å². The van der Waals surface area contributed by atoms with Gasteiger partial charge in [-0.15, -0.1) is 0 Å². The molecule has 5 nitrogen and oxygen atoms in total. The maximum absolute atomic E-state index is 13.5. The molecule has 2 aromatic carbocycles. The van der Waals surface area contributed by atoms with Crippen molar-refractivity contribution in [2.75, 3.05) is 5.32 Å². The molecule has 0 aromatic heterocycles. The lowest BCUT2D eigenvalue weighted by atomic mass is 9.62. The molecule has 2 aliphatic heterocycles. The summed E-state index contributed by atoms with van der Waals surface area (Å²) in [5.41, 5.74) is 0.619. The van der Waals surface area contributed by atoms with E-state index in [9.17, 15) is 14.7 Å². The standard InChI is InChI=1S/C23H24Cl2N2O3/c1-3-22(30,4-2)20-23(9-8-18(28)27-20)19-16(13-6-5-7-14(24)10-13)11-15(25)12-17(19)26-21(23)29/h5-7,10-12,20,30H,3-4,8-9H2,1-2H3,(H,26,29)(H,27,28)/t20-,23+/m0/s1. The number of rotatable bonds is 4. The highest BCUT2D eigenvalue weighted by atomic mass is 35.5. The van der Waals surface area contributed by atoms with Gasteiger partial charge in [-0.2, -0.15) is 0 Å². The topological polar surface area (TPSA) is 78.4 Å². The Bertz CT molecular complexity index is 1040. The van der Waals surface area contributed by atoms with Crippen LogP contribution >= 0.6 is 23.2 Å². The minimum Gasteiger partial charge on any atom is -0.388 e. The summed E-state index contributed by atoms with van der Waals surface area (Å²) >= 11 is 12.6. The molecule has 0 unspecified atom stereocenters. The molecule has 0 saturated carbocycles. The predicted molar refractivity (Wildman–Crippen MR) is 119 cm³/mol. The molecule has 3 N–H and O–H groups in total. The van der Waals surface area contributed by atoms with Gasteiger partial charge in [-0.3, -0.25) is 9.59 Å². The van der Waals surface area contributed by atoms with E-state index in [-0.39, 0.29) is 18.2 Å². The molecule has 0 radical (unpaired) electrons. The monoisotopic (exact) mass is 446 g/mol. The third-order valence-corrected chi connectivity index (χ3v) is 7.10. The second-order valence-electron chi connectivity index (χ2n) is 8.12. The Morgan fingerprint density at radius 2 is 1.87 bits per heavy atom. The molecule has 7 heteroatoms. The molecule has 158 valence electrons. The molecule has 1 saturated heterocycles. The van der Waals surface area contributed by atoms with Crippen LogP contribution in [0.15, 0.2) is 36.4 Å². The summed E-state index contributed by atoms with van der Waals surface area (Å²) in [7, 11) is 0. The maximum atomic E-state index is 13.5. The third-order valence-electron chi connectivity index (χ3n) is 6.64. The van der Waals surface area contributed by atoms with Crippen molar-refractivity contribution in [2.45, 2.75) is 56.6 Å². The molecule has 1 fully saturated rings. The summed E-state index contributed by atoms with van der Waals surface area (Å²) in [5.74, 6) is -0.390. The van der Waals surface area contributed by atoms with Crippen LogP contribution in [0.5, 0.6) is 0 Å². The van der Waals surface area contributed by atoms with E-state index in [1.54, 1.807) is 12.1 Å². The fraction of sp³-hybridized carbons (Fsp3) is 0.391. The van der Waals surface area contributed by atoms with Crippen molar-refractivity contribution in [1.82, 2.24) is 5.32 Å². The average molecular weight is 447 g/mol. The van der Waals surface area contributed by atoms with Crippen LogP contribution in [0.4, 0.5) is 5.69 Å². The summed E-state index contributed by atoms with van der Waals surface area (Å²) in [6, 6.07) is 10.1. The minimum atomic E-state index is -1.24. The number of nitrogens with one attached hydrogen (secondary N) is 2. The summed E-state index contributed by atoms with van der Waals surface area (Å²) in [4.78, 5) is 25.9. The first-order valence-corrected chi connectivity index (χ1v) is 10.9. The number of fused-ring (bicyclic) bond motifs is 2. The average Bonchev–Trinajstić information content (AvgIpc) is 3.00. The molecular formula is C23H24Cl2N2O3. The Labute approximate surface area is 185 Å². The lowest BCUT2D eigenvalue weighted by molar-refractivity contribution is -0.138. The van der Waals surface area contributed by atoms with E-state index in [2.05, 4.69) is 10.6 Å². The molecule has 2 aliphatic rings. The van der Waals surface area contributed by atoms with Gasteiger partial charge in [-0.05, 0) is 54.7 Å². The predicted octanol–water partition coefficient (Wildman–Crippen LogP) is 4.68. The van der Waals surface area contributed by atoms with E-state index in [0.29, 0.717) is 35.0 Å². The third kappa shape index (κ3) is 3.11. The van der Waals surface area contributed by atoms with Gasteiger partial charge in [0, 0.05) is 27.7 Å². The normalized spacial score (nSPS) is 23.3. The van der Waals surface area contributed by atoms with E-state index >= 15 is 0 Å². The van der Waals surface area contributed by atoms with Crippen molar-refractivity contribution in [3.63, 3.8) is 0 Å². The first-order chi connectivity index (χ1) is 14.2. The van der Waals surface area contributed by atoms with E-state index in [4.69, 9.17) is 23.2 Å². The van der Waals surface area contributed by atoms with Gasteiger partial charge in [0.15, 0.2) is 0 Å². The highest BCUT2D eigenvalue weighted by Crippen LogP contribution is 2.53. The second kappa shape index (κ2) is 7.56. The number of aliphatic hydroxyl groups is 1. The van der Waals surface area contributed by atoms with Gasteiger partial charge in [0.05, 0.1) is 11.6 Å². The fourth-order valence-corrected chi connectivity index (χ4v) is 5.40. The van der Waals surface area contributed by atoms with E-state index in [0.717, 1.165) is 16.7 Å². The molecule has 4 rings (SSSR count). The van der Waals surface area contributed by atoms with Crippen molar-refractivity contribution >= 4 is 40.7 Å². The molecule has 0 bridgehead atoms. The quantitative estimate of drug-likeness (QED) is 0.637. The van der Waals surface area contributed by atoms with Crippen LogP contribution in [0.2, 0.25) is 10.0 Å². The summed E-state index contributed by atoms with van der Waals surface area (Å²) < 4.78 is 0. The summed E-state index contributed by atoms with van der Waals surface area (Å²) in [6.45, 7) is 3.73. The number of amides is 2. The largest absolute Gasteiger partial charge is 0.388 e. The van der Waals surface area contributed by atoms with Crippen molar-refractivity contribution in [3.05, 3.63) is 52.0 Å². The SMILES string of the molecule is CCC(O)(CC)[C@@H]1NC(=O)CC[C@]12C(=O)Nc1cc(Cl)cc(-c3cccc(Cl)c3)c12. The van der Waals surface area contributed by atoms with Gasteiger partial charge < -0.3 is 15.7 Å². The fourth-order valence-electron chi connectivity index (χ4n) is 4.99. The van der Waals surface area contributed by atoms with Crippen LogP contribution in [-0.2, 0) is 15.0 Å². The zero-order valence-corrected chi connectivity index (χ0v) is 18.4. The van der Waals surface area contributed by atoms with E-state index < -0.39 is 17.1 Å². The Morgan fingerprint density at radius 3 is 2.53 bits per heavy atom. The molecule has 2 atom stereocenters. The lowest BCUT2D eigenvalue weighted by Crippen LogP contribution is -2.67. The number of anilines is 1. The second-order valence-corrected chi connectivity index (χ2v) is 9.00. The summed E-state index contributed by atoms with van der Waals surface area (Å²) in [5, 5.41) is 18.4. The molecular weight excluding hydrogens is 423 g/mol. The number of hydrogen-bond donors (Lipinski definition) is 3. The van der Waals surface area contributed by atoms with Crippen LogP contribution in [0, 0.1) is 0 Å². The number of hydrogen-bond acceptors (Lipinski definition) is 3. The number of benzene rings is 2. The van der Waals surface area contributed by atoms with Crippen molar-refractivity contribution in [1.29, 1.82) is 0 Å². The number of carbonyl (C=O) groups excluding carboxylic acids is 2. The molecule has 2 amide bonds. The van der Waals surface area contributed by atoms with Crippen LogP contribution in [0.1, 0.15) is 45.1 Å². The van der Waals surface area contributed by atoms with Gasteiger partial charge in [0.1, 0.15) is 5.41 Å². The zero-order valence-electron chi connectivity index (χ0n) is 16.9. The van der Waals surface area contributed by atoms with Crippen molar-refractivity contribution in [2.24, 2.45) is 0 Å². The first kappa shape index (κ1) is 21.2. The van der Waals surface area contributed by atoms with Gasteiger partial charge >= 0.3 is 0 Å². The lowest BCUT2D eigenvalue weighted by Gasteiger charge is -2.48. The molecule has 2 heterocycles. The van der Waals surface area contributed by atoms with E-state index in [1.165, 1.54) is 0 Å². The van der Waals surface area contributed by atoms with Gasteiger partial charge in [-0.25, -0.2) is 0 Å². The zero-order chi connectivity index (χ0) is 21.7. The maximum Gasteiger partial charge on any atom is 0.237 e. The van der Waals surface area contributed by atoms with Crippen LogP contribution in [-0.4, -0.2) is 28.6 Å². The highest BCUT2D eigenvalue weighted by Gasteiger charge is 2.61. The van der Waals surface area contributed by atoms with Gasteiger partial charge in [0.25, 0.3) is 0 Å². The smallest absolute Gasteiger partial charge is 0.237 e. The van der Waals surface area contributed by atoms with Crippen molar-refractivity contribution in [3.8, 4) is 11.1 Å². The number of carbonyl (C=O) groups is 2. The van der Waals surface area contributed by atoms with Crippen LogP contribution in [0.25, 0.3) is 11.1 Å². The Balaban J connectivity index is 2.02.